The molecular formula is C41H32N4O. The number of ether oxygens (including phenoxy) is 1. The molecule has 2 N–H and O–H groups in total. The average molecular weight is 597 g/mol. The summed E-state index contributed by atoms with van der Waals surface area (Å²) in [5.41, 5.74) is 9.31. The van der Waals surface area contributed by atoms with Gasteiger partial charge in [0.25, 0.3) is 0 Å². The van der Waals surface area contributed by atoms with Crippen LogP contribution in [-0.2, 0) is 0 Å². The van der Waals surface area contributed by atoms with Gasteiger partial charge in [0.05, 0.1) is 12.1 Å². The van der Waals surface area contributed by atoms with E-state index in [1.54, 1.807) is 0 Å². The summed E-state index contributed by atoms with van der Waals surface area (Å²) >= 11 is 0. The number of pyridine rings is 1. The molecule has 4 unspecified atom stereocenters. The van der Waals surface area contributed by atoms with Crippen molar-refractivity contribution in [2.75, 3.05) is 4.90 Å². The van der Waals surface area contributed by atoms with Gasteiger partial charge < -0.3 is 15.0 Å². The highest BCUT2D eigenvalue weighted by atomic mass is 16.5. The van der Waals surface area contributed by atoms with Crippen molar-refractivity contribution in [1.29, 1.82) is 0 Å². The van der Waals surface area contributed by atoms with Gasteiger partial charge in [-0.1, -0.05) is 115 Å². The first-order valence-electron chi connectivity index (χ1n) is 15.9. The van der Waals surface area contributed by atoms with Crippen molar-refractivity contribution < 1.29 is 4.74 Å². The van der Waals surface area contributed by atoms with Crippen LogP contribution in [0, 0.1) is 0 Å². The first-order valence-corrected chi connectivity index (χ1v) is 15.9. The SMILES string of the molecule is C1=C(c2ccccc2)NC(c2ccccc2)NC1c1cccc(N2c3ncccc3C3c4ccccc4Oc4ccccc4C32)c1. The van der Waals surface area contributed by atoms with E-state index < -0.39 is 0 Å². The fraction of sp³-hybridized carbons (Fsp3) is 0.0976. The van der Waals surface area contributed by atoms with Crippen LogP contribution in [0.15, 0.2) is 158 Å². The molecule has 0 saturated carbocycles. The molecule has 0 spiro atoms. The summed E-state index contributed by atoms with van der Waals surface area (Å²) in [7, 11) is 0. The fourth-order valence-electron chi connectivity index (χ4n) is 7.33. The number of nitrogens with one attached hydrogen (secondary N) is 2. The smallest absolute Gasteiger partial charge is 0.137 e. The molecule has 0 fully saturated rings. The van der Waals surface area contributed by atoms with Gasteiger partial charge >= 0.3 is 0 Å². The van der Waals surface area contributed by atoms with E-state index in [4.69, 9.17) is 9.72 Å². The quantitative estimate of drug-likeness (QED) is 0.213. The molecule has 4 atom stereocenters. The maximum Gasteiger partial charge on any atom is 0.137 e. The average Bonchev–Trinajstić information content (AvgIpc) is 3.40. The van der Waals surface area contributed by atoms with Gasteiger partial charge in [0.2, 0.25) is 0 Å². The van der Waals surface area contributed by atoms with Gasteiger partial charge in [0.15, 0.2) is 0 Å². The highest BCUT2D eigenvalue weighted by Crippen LogP contribution is 2.59. The topological polar surface area (TPSA) is 49.4 Å². The normalized spacial score (nSPS) is 21.0. The van der Waals surface area contributed by atoms with Gasteiger partial charge in [0, 0.05) is 40.2 Å². The Hall–Kier alpha value is -5.65. The number of nitrogens with zero attached hydrogens (tertiary/aromatic N) is 2. The van der Waals surface area contributed by atoms with E-state index in [9.17, 15) is 0 Å². The second kappa shape index (κ2) is 11.1. The third-order valence-electron chi connectivity index (χ3n) is 9.39. The van der Waals surface area contributed by atoms with E-state index in [0.717, 1.165) is 34.3 Å². The summed E-state index contributed by atoms with van der Waals surface area (Å²) in [4.78, 5) is 7.43. The summed E-state index contributed by atoms with van der Waals surface area (Å²) in [6.07, 6.45) is 4.16. The van der Waals surface area contributed by atoms with Gasteiger partial charge in [-0.25, -0.2) is 4.98 Å². The lowest BCUT2D eigenvalue weighted by Crippen LogP contribution is -2.39. The van der Waals surface area contributed by atoms with Crippen LogP contribution in [0.25, 0.3) is 5.70 Å². The number of benzene rings is 5. The van der Waals surface area contributed by atoms with Gasteiger partial charge in [0.1, 0.15) is 23.5 Å². The van der Waals surface area contributed by atoms with Gasteiger partial charge in [-0.05, 0) is 53.1 Å². The molecule has 0 aliphatic carbocycles. The third kappa shape index (κ3) is 4.47. The minimum absolute atomic E-state index is 0.0197. The summed E-state index contributed by atoms with van der Waals surface area (Å²) in [6.45, 7) is 0. The molecule has 9 rings (SSSR count). The van der Waals surface area contributed by atoms with E-state index in [-0.39, 0.29) is 24.2 Å². The van der Waals surface area contributed by atoms with Gasteiger partial charge in [-0.15, -0.1) is 0 Å². The number of para-hydroxylation sites is 2. The molecule has 3 aliphatic heterocycles. The summed E-state index contributed by atoms with van der Waals surface area (Å²) in [5, 5.41) is 7.62. The van der Waals surface area contributed by atoms with Crippen LogP contribution in [-0.4, -0.2) is 4.98 Å². The predicted molar refractivity (Wildman–Crippen MR) is 183 cm³/mol. The molecule has 0 saturated heterocycles. The van der Waals surface area contributed by atoms with E-state index >= 15 is 0 Å². The van der Waals surface area contributed by atoms with E-state index in [1.165, 1.54) is 27.8 Å². The Morgan fingerprint density at radius 1 is 0.609 bits per heavy atom. The third-order valence-corrected chi connectivity index (χ3v) is 9.39. The van der Waals surface area contributed by atoms with Gasteiger partial charge in [-0.3, -0.25) is 5.32 Å². The van der Waals surface area contributed by atoms with Crippen molar-refractivity contribution in [3.05, 3.63) is 191 Å². The molecule has 6 aromatic rings. The largest absolute Gasteiger partial charge is 0.457 e. The molecule has 46 heavy (non-hydrogen) atoms. The fourth-order valence-corrected chi connectivity index (χ4v) is 7.33. The van der Waals surface area contributed by atoms with Crippen LogP contribution >= 0.6 is 0 Å². The number of rotatable bonds is 4. The van der Waals surface area contributed by atoms with Crippen molar-refractivity contribution in [3.8, 4) is 11.5 Å². The second-order valence-electron chi connectivity index (χ2n) is 12.1. The molecule has 5 heteroatoms. The lowest BCUT2D eigenvalue weighted by Gasteiger charge is -2.34. The van der Waals surface area contributed by atoms with Crippen LogP contribution in [0.5, 0.6) is 11.5 Å². The lowest BCUT2D eigenvalue weighted by molar-refractivity contribution is 0.442. The maximum absolute atomic E-state index is 6.59. The van der Waals surface area contributed by atoms with Crippen LogP contribution in [0.3, 0.4) is 0 Å². The number of hydrogen-bond donors (Lipinski definition) is 2. The molecule has 3 aliphatic rings. The minimum atomic E-state index is -0.0454. The molecule has 0 bridgehead atoms. The molecule has 0 radical (unpaired) electrons. The van der Waals surface area contributed by atoms with Crippen molar-refractivity contribution in [2.45, 2.75) is 24.2 Å². The monoisotopic (exact) mass is 596 g/mol. The molecule has 4 heterocycles. The van der Waals surface area contributed by atoms with E-state index in [2.05, 4.69) is 161 Å². The molecule has 5 aromatic carbocycles. The van der Waals surface area contributed by atoms with E-state index in [1.807, 2.05) is 12.3 Å². The Balaban J connectivity index is 1.18. The Morgan fingerprint density at radius 2 is 1.28 bits per heavy atom. The summed E-state index contributed by atoms with van der Waals surface area (Å²) < 4.78 is 6.59. The second-order valence-corrected chi connectivity index (χ2v) is 12.1. The van der Waals surface area contributed by atoms with Crippen molar-refractivity contribution in [1.82, 2.24) is 15.6 Å². The van der Waals surface area contributed by atoms with Crippen LogP contribution in [0.2, 0.25) is 0 Å². The van der Waals surface area contributed by atoms with Crippen LogP contribution in [0.1, 0.15) is 57.5 Å². The van der Waals surface area contributed by atoms with Crippen molar-refractivity contribution in [2.24, 2.45) is 0 Å². The number of anilines is 2. The van der Waals surface area contributed by atoms with Crippen LogP contribution in [0.4, 0.5) is 11.5 Å². The first kappa shape index (κ1) is 26.7. The Bertz CT molecular complexity index is 2080. The summed E-state index contributed by atoms with van der Waals surface area (Å²) in [6, 6.07) is 51.2. The molecule has 5 nitrogen and oxygen atoms in total. The number of fused-ring (bicyclic) bond motifs is 7. The molecule has 1 aromatic heterocycles. The maximum atomic E-state index is 6.59. The predicted octanol–water partition coefficient (Wildman–Crippen LogP) is 9.19. The first-order chi connectivity index (χ1) is 22.8. The van der Waals surface area contributed by atoms with Crippen LogP contribution < -0.4 is 20.3 Å². The minimum Gasteiger partial charge on any atom is -0.457 e. The number of hydrogen-bond acceptors (Lipinski definition) is 5. The zero-order valence-corrected chi connectivity index (χ0v) is 25.1. The van der Waals surface area contributed by atoms with Crippen molar-refractivity contribution >= 4 is 17.2 Å². The Morgan fingerprint density at radius 3 is 2.11 bits per heavy atom. The zero-order chi connectivity index (χ0) is 30.5. The Labute approximate surface area is 268 Å². The van der Waals surface area contributed by atoms with Gasteiger partial charge in [-0.2, -0.15) is 0 Å². The lowest BCUT2D eigenvalue weighted by atomic mass is 9.84. The highest BCUT2D eigenvalue weighted by molar-refractivity contribution is 5.75. The highest BCUT2D eigenvalue weighted by Gasteiger charge is 2.46. The van der Waals surface area contributed by atoms with E-state index in [0.29, 0.717) is 0 Å². The molecular weight excluding hydrogens is 564 g/mol. The Kier molecular flexibility index (Phi) is 6.42. The molecule has 0 amide bonds. The zero-order valence-electron chi connectivity index (χ0n) is 25.1. The molecule has 222 valence electrons. The van der Waals surface area contributed by atoms with Crippen molar-refractivity contribution in [3.63, 3.8) is 0 Å². The summed E-state index contributed by atoms with van der Waals surface area (Å²) in [5.74, 6) is 2.84. The standard InChI is InChI=1S/C41H32N4O/c1-3-13-27(14-4-1)34-26-35(44-40(43-34)28-15-5-2-6-16-28)29-17-11-18-30(25-29)45-39-32-20-8-10-23-37(32)46-36-22-9-7-19-31(36)38(39)33-21-12-24-42-41(33)45/h1-26,35,38-40,43-44H. The number of aromatic nitrogens is 1.